The van der Waals surface area contributed by atoms with E-state index in [1.807, 2.05) is 35.9 Å². The van der Waals surface area contributed by atoms with Gasteiger partial charge in [0.2, 0.25) is 0 Å². The second-order valence-corrected chi connectivity index (χ2v) is 7.20. The summed E-state index contributed by atoms with van der Waals surface area (Å²) in [6, 6.07) is 13.4. The number of aromatic nitrogens is 2. The number of fused-ring (bicyclic) bond motifs is 1. The molecule has 2 aromatic carbocycles. The van der Waals surface area contributed by atoms with Crippen LogP contribution in [0.2, 0.25) is 0 Å². The Balaban J connectivity index is 1.38. The molecule has 0 aliphatic heterocycles. The van der Waals surface area contributed by atoms with Gasteiger partial charge in [-0.15, -0.1) is 11.3 Å². The second kappa shape index (κ2) is 7.84. The van der Waals surface area contributed by atoms with E-state index in [9.17, 15) is 14.0 Å². The zero-order chi connectivity index (χ0) is 20.4. The summed E-state index contributed by atoms with van der Waals surface area (Å²) in [6.07, 6.45) is 1.68. The highest BCUT2D eigenvalue weighted by Gasteiger charge is 2.17. The van der Waals surface area contributed by atoms with Gasteiger partial charge in [-0.1, -0.05) is 18.2 Å². The van der Waals surface area contributed by atoms with Crippen molar-refractivity contribution in [1.29, 1.82) is 0 Å². The number of aryl methyl sites for hydroxylation is 1. The fourth-order valence-corrected chi connectivity index (χ4v) is 3.69. The van der Waals surface area contributed by atoms with E-state index in [1.54, 1.807) is 23.7 Å². The van der Waals surface area contributed by atoms with Gasteiger partial charge in [0.25, 0.3) is 5.91 Å². The predicted octanol–water partition coefficient (Wildman–Crippen LogP) is 4.24. The smallest absolute Gasteiger partial charge is 0.340 e. The highest BCUT2D eigenvalue weighted by atomic mass is 32.1. The van der Waals surface area contributed by atoms with E-state index in [2.05, 4.69) is 10.3 Å². The largest absolute Gasteiger partial charge is 0.452 e. The second-order valence-electron chi connectivity index (χ2n) is 6.34. The van der Waals surface area contributed by atoms with Gasteiger partial charge in [0, 0.05) is 35.1 Å². The minimum atomic E-state index is -0.567. The Hall–Kier alpha value is -3.52. The van der Waals surface area contributed by atoms with Crippen LogP contribution in [-0.2, 0) is 16.6 Å². The van der Waals surface area contributed by atoms with Crippen molar-refractivity contribution in [3.05, 3.63) is 71.5 Å². The van der Waals surface area contributed by atoms with Crippen LogP contribution >= 0.6 is 11.3 Å². The lowest BCUT2D eigenvalue weighted by molar-refractivity contribution is -0.119. The van der Waals surface area contributed by atoms with Crippen molar-refractivity contribution in [1.82, 2.24) is 9.55 Å². The number of carbonyl (C=O) groups is 2. The lowest BCUT2D eigenvalue weighted by atomic mass is 10.2. The number of para-hydroxylation sites is 1. The molecule has 6 nitrogen and oxygen atoms in total. The van der Waals surface area contributed by atoms with Crippen LogP contribution in [0.15, 0.2) is 60.1 Å². The third-order valence-electron chi connectivity index (χ3n) is 4.34. The summed E-state index contributed by atoms with van der Waals surface area (Å²) in [7, 11) is 1.84. The Kier molecular flexibility index (Phi) is 5.09. The van der Waals surface area contributed by atoms with E-state index in [1.165, 1.54) is 23.5 Å². The molecule has 0 spiro atoms. The molecule has 0 radical (unpaired) electrons. The van der Waals surface area contributed by atoms with E-state index >= 15 is 0 Å². The van der Waals surface area contributed by atoms with Crippen molar-refractivity contribution in [2.45, 2.75) is 0 Å². The molecule has 1 N–H and O–H groups in total. The van der Waals surface area contributed by atoms with Gasteiger partial charge < -0.3 is 9.30 Å². The molecule has 0 atom stereocenters. The molecule has 1 amide bonds. The van der Waals surface area contributed by atoms with Crippen LogP contribution in [0.3, 0.4) is 0 Å². The van der Waals surface area contributed by atoms with E-state index in [-0.39, 0.29) is 5.82 Å². The summed E-state index contributed by atoms with van der Waals surface area (Å²) < 4.78 is 20.0. The minimum Gasteiger partial charge on any atom is -0.452 e. The van der Waals surface area contributed by atoms with Crippen LogP contribution in [-0.4, -0.2) is 28.0 Å². The first kappa shape index (κ1) is 18.8. The van der Waals surface area contributed by atoms with E-state index in [0.29, 0.717) is 16.4 Å². The number of ether oxygens (including phenoxy) is 1. The molecule has 2 heterocycles. The number of nitrogens with zero attached hydrogens (tertiary/aromatic N) is 2. The van der Waals surface area contributed by atoms with Crippen molar-refractivity contribution >= 4 is 39.2 Å². The van der Waals surface area contributed by atoms with Crippen molar-refractivity contribution in [3.8, 4) is 11.3 Å². The molecule has 4 aromatic rings. The molecule has 4 rings (SSSR count). The molecule has 0 fully saturated rings. The Bertz CT molecular complexity index is 1200. The Morgan fingerprint density at radius 2 is 1.93 bits per heavy atom. The highest BCUT2D eigenvalue weighted by Crippen LogP contribution is 2.25. The van der Waals surface area contributed by atoms with Crippen LogP contribution in [0.25, 0.3) is 22.2 Å². The fourth-order valence-electron chi connectivity index (χ4n) is 2.95. The number of hydrogen-bond donors (Lipinski definition) is 1. The summed E-state index contributed by atoms with van der Waals surface area (Å²) in [5.74, 6) is -1.38. The highest BCUT2D eigenvalue weighted by molar-refractivity contribution is 7.14. The van der Waals surface area contributed by atoms with Gasteiger partial charge in [-0.25, -0.2) is 14.2 Å². The third kappa shape index (κ3) is 4.02. The first-order valence-electron chi connectivity index (χ1n) is 8.74. The maximum absolute atomic E-state index is 13.0. The molecule has 2 aromatic heterocycles. The summed E-state index contributed by atoms with van der Waals surface area (Å²) in [5, 5.41) is 5.50. The van der Waals surface area contributed by atoms with Crippen molar-refractivity contribution in [2.75, 3.05) is 11.9 Å². The molecular weight excluding hydrogens is 393 g/mol. The Morgan fingerprint density at radius 1 is 1.17 bits per heavy atom. The monoisotopic (exact) mass is 409 g/mol. The summed E-state index contributed by atoms with van der Waals surface area (Å²) >= 11 is 1.23. The quantitative estimate of drug-likeness (QED) is 0.501. The van der Waals surface area contributed by atoms with Crippen LogP contribution < -0.4 is 5.32 Å². The number of halogens is 1. The molecule has 0 saturated carbocycles. The molecule has 0 saturated heterocycles. The average molecular weight is 409 g/mol. The Labute approximate surface area is 169 Å². The average Bonchev–Trinajstić information content (AvgIpc) is 3.32. The number of esters is 1. The van der Waals surface area contributed by atoms with Crippen molar-refractivity contribution in [2.24, 2.45) is 7.05 Å². The van der Waals surface area contributed by atoms with Gasteiger partial charge in [-0.3, -0.25) is 10.1 Å². The normalized spacial score (nSPS) is 10.8. The molecule has 0 aliphatic rings. The minimum absolute atomic E-state index is 0.328. The summed E-state index contributed by atoms with van der Waals surface area (Å²) in [4.78, 5) is 28.8. The van der Waals surface area contributed by atoms with Crippen LogP contribution in [0.1, 0.15) is 10.4 Å². The van der Waals surface area contributed by atoms with Crippen molar-refractivity contribution in [3.63, 3.8) is 0 Å². The Morgan fingerprint density at radius 3 is 2.72 bits per heavy atom. The number of benzene rings is 2. The molecule has 29 heavy (non-hydrogen) atoms. The number of rotatable bonds is 5. The fraction of sp³-hybridized carbons (Fsp3) is 0.0952. The third-order valence-corrected chi connectivity index (χ3v) is 5.10. The zero-order valence-corrected chi connectivity index (χ0v) is 16.2. The summed E-state index contributed by atoms with van der Waals surface area (Å²) in [5.41, 5.74) is 2.67. The van der Waals surface area contributed by atoms with Gasteiger partial charge in [0.05, 0.1) is 11.3 Å². The van der Waals surface area contributed by atoms with Gasteiger partial charge >= 0.3 is 5.97 Å². The van der Waals surface area contributed by atoms with Gasteiger partial charge in [-0.05, 0) is 30.3 Å². The van der Waals surface area contributed by atoms with E-state index in [4.69, 9.17) is 4.74 Å². The lowest BCUT2D eigenvalue weighted by Crippen LogP contribution is -2.20. The molecule has 0 aliphatic carbocycles. The lowest BCUT2D eigenvalue weighted by Gasteiger charge is -2.04. The van der Waals surface area contributed by atoms with E-state index in [0.717, 1.165) is 16.5 Å². The van der Waals surface area contributed by atoms with Gasteiger partial charge in [0.15, 0.2) is 11.7 Å². The standard InChI is InChI=1S/C21H16FN3O3S/c1-25-10-16(15-4-2-3-5-18(15)25)20(27)28-11-19(26)24-21-23-17(12-29-21)13-6-8-14(22)9-7-13/h2-10,12H,11H2,1H3,(H,23,24,26). The van der Waals surface area contributed by atoms with Crippen molar-refractivity contribution < 1.29 is 18.7 Å². The van der Waals surface area contributed by atoms with Crippen LogP contribution in [0.5, 0.6) is 0 Å². The predicted molar refractivity (Wildman–Crippen MR) is 109 cm³/mol. The van der Waals surface area contributed by atoms with Crippen LogP contribution in [0.4, 0.5) is 9.52 Å². The number of anilines is 1. The number of nitrogens with one attached hydrogen (secondary N) is 1. The maximum atomic E-state index is 13.0. The summed E-state index contributed by atoms with van der Waals surface area (Å²) in [6.45, 7) is -0.423. The van der Waals surface area contributed by atoms with Gasteiger partial charge in [-0.2, -0.15) is 0 Å². The number of thiazole rings is 1. The number of hydrogen-bond acceptors (Lipinski definition) is 5. The number of carbonyl (C=O) groups excluding carboxylic acids is 2. The number of amides is 1. The van der Waals surface area contributed by atoms with Crippen LogP contribution in [0, 0.1) is 5.82 Å². The molecular formula is C21H16FN3O3S. The molecule has 8 heteroatoms. The maximum Gasteiger partial charge on any atom is 0.340 e. The first-order valence-corrected chi connectivity index (χ1v) is 9.62. The molecule has 146 valence electrons. The molecule has 0 bridgehead atoms. The zero-order valence-electron chi connectivity index (χ0n) is 15.4. The topological polar surface area (TPSA) is 73.2 Å². The van der Waals surface area contributed by atoms with Gasteiger partial charge in [0.1, 0.15) is 5.82 Å². The van der Waals surface area contributed by atoms with E-state index < -0.39 is 18.5 Å². The first-order chi connectivity index (χ1) is 14.0. The SMILES string of the molecule is Cn1cc(C(=O)OCC(=O)Nc2nc(-c3ccc(F)cc3)cs2)c2ccccc21. The molecule has 0 unspecified atom stereocenters.